The van der Waals surface area contributed by atoms with Crippen molar-refractivity contribution >= 4 is 35.8 Å². The number of hydrogen-bond acceptors (Lipinski definition) is 3. The number of amides is 1. The van der Waals surface area contributed by atoms with Crippen molar-refractivity contribution in [3.8, 4) is 5.75 Å². The van der Waals surface area contributed by atoms with Crippen LogP contribution in [-0.4, -0.2) is 45.7 Å². The van der Waals surface area contributed by atoms with Gasteiger partial charge < -0.3 is 20.7 Å². The Kier molecular flexibility index (Phi) is 11.0. The molecule has 1 amide bonds. The highest BCUT2D eigenvalue weighted by atomic mass is 127. The van der Waals surface area contributed by atoms with Crippen LogP contribution in [0.1, 0.15) is 15.9 Å². The Bertz CT molecular complexity index is 834. The van der Waals surface area contributed by atoms with Gasteiger partial charge in [0, 0.05) is 32.3 Å². The zero-order chi connectivity index (χ0) is 20.4. The zero-order valence-corrected chi connectivity index (χ0v) is 18.6. The van der Waals surface area contributed by atoms with Crippen molar-refractivity contribution in [2.45, 2.75) is 6.42 Å². The second-order valence-electron chi connectivity index (χ2n) is 5.88. The number of nitrogens with one attached hydrogen (secondary N) is 3. The molecule has 0 saturated carbocycles. The molecule has 29 heavy (non-hydrogen) atoms. The van der Waals surface area contributed by atoms with E-state index in [-0.39, 0.29) is 42.2 Å². The van der Waals surface area contributed by atoms with Crippen LogP contribution in [0, 0.1) is 11.6 Å². The smallest absolute Gasteiger partial charge is 0.251 e. The first-order valence-corrected chi connectivity index (χ1v) is 8.87. The highest BCUT2D eigenvalue weighted by Gasteiger charge is 2.06. The van der Waals surface area contributed by atoms with Crippen LogP contribution in [-0.2, 0) is 6.42 Å². The van der Waals surface area contributed by atoms with Gasteiger partial charge in [-0.25, -0.2) is 8.78 Å². The molecule has 0 heterocycles. The maximum absolute atomic E-state index is 13.5. The second-order valence-corrected chi connectivity index (χ2v) is 5.88. The molecule has 0 atom stereocenters. The SMILES string of the molecule is CN=C(NCCOc1ccc(F)cc1F)NCCc1cccc(C(=O)NC)c1.I. The highest BCUT2D eigenvalue weighted by molar-refractivity contribution is 14.0. The molecule has 9 heteroatoms. The Morgan fingerprint density at radius 3 is 2.55 bits per heavy atom. The number of ether oxygens (including phenoxy) is 1. The predicted octanol–water partition coefficient (Wildman–Crippen LogP) is 2.73. The van der Waals surface area contributed by atoms with Crippen LogP contribution in [0.2, 0.25) is 0 Å². The monoisotopic (exact) mass is 518 g/mol. The summed E-state index contributed by atoms with van der Waals surface area (Å²) >= 11 is 0. The molecule has 3 N–H and O–H groups in total. The summed E-state index contributed by atoms with van der Waals surface area (Å²) in [6, 6.07) is 10.6. The van der Waals surface area contributed by atoms with E-state index in [0.29, 0.717) is 31.0 Å². The van der Waals surface area contributed by atoms with Gasteiger partial charge in [-0.3, -0.25) is 9.79 Å². The molecule has 0 aliphatic carbocycles. The minimum atomic E-state index is -0.735. The molecule has 2 aromatic carbocycles. The molecule has 0 fully saturated rings. The van der Waals surface area contributed by atoms with Crippen molar-refractivity contribution in [2.75, 3.05) is 33.8 Å². The number of aliphatic imine (C=N–C) groups is 1. The number of halogens is 3. The van der Waals surface area contributed by atoms with E-state index in [4.69, 9.17) is 4.74 Å². The molecule has 0 aromatic heterocycles. The van der Waals surface area contributed by atoms with E-state index in [2.05, 4.69) is 20.9 Å². The first-order valence-electron chi connectivity index (χ1n) is 8.87. The molecule has 0 aliphatic heterocycles. The van der Waals surface area contributed by atoms with E-state index in [0.717, 1.165) is 17.7 Å². The lowest BCUT2D eigenvalue weighted by atomic mass is 10.1. The van der Waals surface area contributed by atoms with E-state index >= 15 is 0 Å². The van der Waals surface area contributed by atoms with Gasteiger partial charge in [-0.1, -0.05) is 12.1 Å². The third-order valence-electron chi connectivity index (χ3n) is 3.89. The maximum atomic E-state index is 13.5. The lowest BCUT2D eigenvalue weighted by Gasteiger charge is -2.13. The molecular weight excluding hydrogens is 493 g/mol. The van der Waals surface area contributed by atoms with Gasteiger partial charge in [0.2, 0.25) is 0 Å². The van der Waals surface area contributed by atoms with Gasteiger partial charge in [-0.05, 0) is 36.2 Å². The van der Waals surface area contributed by atoms with Gasteiger partial charge in [-0.2, -0.15) is 0 Å². The zero-order valence-electron chi connectivity index (χ0n) is 16.3. The van der Waals surface area contributed by atoms with E-state index < -0.39 is 11.6 Å². The normalized spacial score (nSPS) is 10.7. The third kappa shape index (κ3) is 8.22. The summed E-state index contributed by atoms with van der Waals surface area (Å²) in [7, 11) is 3.24. The van der Waals surface area contributed by atoms with Crippen LogP contribution >= 0.6 is 24.0 Å². The minimum absolute atomic E-state index is 0. The molecular formula is C20H25F2IN4O2. The average Bonchev–Trinajstić information content (AvgIpc) is 2.70. The molecule has 2 aromatic rings. The van der Waals surface area contributed by atoms with E-state index in [1.807, 2.05) is 18.2 Å². The van der Waals surface area contributed by atoms with Crippen molar-refractivity contribution in [1.82, 2.24) is 16.0 Å². The number of nitrogens with zero attached hydrogens (tertiary/aromatic N) is 1. The molecule has 0 bridgehead atoms. The first-order chi connectivity index (χ1) is 13.5. The van der Waals surface area contributed by atoms with E-state index in [9.17, 15) is 13.6 Å². The molecule has 0 saturated heterocycles. The summed E-state index contributed by atoms with van der Waals surface area (Å²) in [4.78, 5) is 15.8. The fraction of sp³-hybridized carbons (Fsp3) is 0.300. The number of hydrogen-bond donors (Lipinski definition) is 3. The molecule has 6 nitrogen and oxygen atoms in total. The largest absolute Gasteiger partial charge is 0.489 e. The number of carbonyl (C=O) groups excluding carboxylic acids is 1. The van der Waals surface area contributed by atoms with Crippen molar-refractivity contribution < 1.29 is 18.3 Å². The average molecular weight is 518 g/mol. The van der Waals surface area contributed by atoms with Crippen molar-refractivity contribution in [2.24, 2.45) is 4.99 Å². The number of guanidine groups is 1. The summed E-state index contributed by atoms with van der Waals surface area (Å²) in [5.74, 6) is -0.924. The Labute approximate surface area is 186 Å². The topological polar surface area (TPSA) is 74.8 Å². The van der Waals surface area contributed by atoms with Gasteiger partial charge >= 0.3 is 0 Å². The van der Waals surface area contributed by atoms with Crippen molar-refractivity contribution in [1.29, 1.82) is 0 Å². The standard InChI is InChI=1S/C20H24F2N4O2.HI/c1-23-19(27)15-5-3-4-14(12-15)8-9-25-20(24-2)26-10-11-28-18-7-6-16(21)13-17(18)22;/h3-7,12-13H,8-11H2,1-2H3,(H,23,27)(H2,24,25,26);1H. The molecule has 2 rings (SSSR count). The highest BCUT2D eigenvalue weighted by Crippen LogP contribution is 2.17. The van der Waals surface area contributed by atoms with Gasteiger partial charge in [0.15, 0.2) is 17.5 Å². The molecule has 0 aliphatic rings. The van der Waals surface area contributed by atoms with Gasteiger partial charge in [0.05, 0.1) is 6.54 Å². The summed E-state index contributed by atoms with van der Waals surface area (Å²) < 4.78 is 31.6. The van der Waals surface area contributed by atoms with Crippen LogP contribution in [0.5, 0.6) is 5.75 Å². The van der Waals surface area contributed by atoms with Crippen LogP contribution in [0.25, 0.3) is 0 Å². The molecule has 158 valence electrons. The molecule has 0 unspecified atom stereocenters. The Morgan fingerprint density at radius 2 is 1.86 bits per heavy atom. The van der Waals surface area contributed by atoms with Crippen LogP contribution in [0.15, 0.2) is 47.5 Å². The van der Waals surface area contributed by atoms with Gasteiger partial charge in [0.25, 0.3) is 5.91 Å². The van der Waals surface area contributed by atoms with Crippen LogP contribution in [0.3, 0.4) is 0 Å². The van der Waals surface area contributed by atoms with Crippen molar-refractivity contribution in [3.05, 3.63) is 65.2 Å². The quantitative estimate of drug-likeness (QED) is 0.218. The minimum Gasteiger partial charge on any atom is -0.489 e. The van der Waals surface area contributed by atoms with Crippen molar-refractivity contribution in [3.63, 3.8) is 0 Å². The summed E-state index contributed by atoms with van der Waals surface area (Å²) in [5, 5.41) is 8.81. The molecule has 0 radical (unpaired) electrons. The number of rotatable bonds is 8. The first kappa shape index (κ1) is 24.6. The fourth-order valence-corrected chi connectivity index (χ4v) is 2.48. The van der Waals surface area contributed by atoms with Gasteiger partial charge in [0.1, 0.15) is 12.4 Å². The lowest BCUT2D eigenvalue weighted by molar-refractivity contribution is 0.0963. The number of carbonyl (C=O) groups is 1. The molecule has 0 spiro atoms. The maximum Gasteiger partial charge on any atom is 0.251 e. The third-order valence-corrected chi connectivity index (χ3v) is 3.89. The van der Waals surface area contributed by atoms with Crippen LogP contribution < -0.4 is 20.7 Å². The fourth-order valence-electron chi connectivity index (χ4n) is 2.48. The van der Waals surface area contributed by atoms with Crippen LogP contribution in [0.4, 0.5) is 8.78 Å². The Morgan fingerprint density at radius 1 is 1.10 bits per heavy atom. The summed E-state index contributed by atoms with van der Waals surface area (Å²) in [6.45, 7) is 1.20. The van der Waals surface area contributed by atoms with E-state index in [1.54, 1.807) is 20.2 Å². The van der Waals surface area contributed by atoms with Gasteiger partial charge in [-0.15, -0.1) is 24.0 Å². The second kappa shape index (κ2) is 12.9. The predicted molar refractivity (Wildman–Crippen MR) is 120 cm³/mol. The summed E-state index contributed by atoms with van der Waals surface area (Å²) in [5.41, 5.74) is 1.65. The number of benzene rings is 2. The lowest BCUT2D eigenvalue weighted by Crippen LogP contribution is -2.40. The Balaban J connectivity index is 0.00000420. The Hall–Kier alpha value is -2.43. The summed E-state index contributed by atoms with van der Waals surface area (Å²) in [6.07, 6.45) is 0.711. The van der Waals surface area contributed by atoms with E-state index in [1.165, 1.54) is 6.07 Å².